The summed E-state index contributed by atoms with van der Waals surface area (Å²) in [5, 5.41) is 4.13. The molecular formula is C26H29N3OS. The summed E-state index contributed by atoms with van der Waals surface area (Å²) in [6.07, 6.45) is 1.84. The van der Waals surface area contributed by atoms with Crippen LogP contribution in [0.15, 0.2) is 72.1 Å². The molecule has 2 saturated heterocycles. The number of nitrogens with zero attached hydrogens (tertiary/aromatic N) is 2. The lowest BCUT2D eigenvalue weighted by molar-refractivity contribution is -0.140. The number of β-lactam (4-membered cyclic amide) rings is 1. The summed E-state index contributed by atoms with van der Waals surface area (Å²) in [6.45, 7) is 6.21. The highest BCUT2D eigenvalue weighted by Crippen LogP contribution is 2.68. The molecule has 3 fully saturated rings. The molecule has 160 valence electrons. The lowest BCUT2D eigenvalue weighted by Crippen LogP contribution is -2.60. The molecule has 4 unspecified atom stereocenters. The van der Waals surface area contributed by atoms with Gasteiger partial charge < -0.3 is 10.2 Å². The van der Waals surface area contributed by atoms with Crippen molar-refractivity contribution in [3.05, 3.63) is 83.2 Å². The second-order valence-corrected chi connectivity index (χ2v) is 10.5. The average molecular weight is 432 g/mol. The number of hydrogen-bond acceptors (Lipinski definition) is 4. The highest BCUT2D eigenvalue weighted by molar-refractivity contribution is 8.00. The van der Waals surface area contributed by atoms with Gasteiger partial charge in [0.25, 0.3) is 0 Å². The molecule has 0 aromatic heterocycles. The van der Waals surface area contributed by atoms with E-state index >= 15 is 0 Å². The second-order valence-electron chi connectivity index (χ2n) is 9.26. The second kappa shape index (κ2) is 7.42. The minimum Gasteiger partial charge on any atom is -0.355 e. The van der Waals surface area contributed by atoms with Crippen molar-refractivity contribution in [3.63, 3.8) is 0 Å². The SMILES string of the molecule is CC1=C(N2CCNCC2)N2C(=O)CC2SC1C1(c2ccccc2)CC1c1ccccc1. The van der Waals surface area contributed by atoms with Gasteiger partial charge in [-0.15, -0.1) is 11.8 Å². The molecule has 0 bridgehead atoms. The Labute approximate surface area is 188 Å². The maximum Gasteiger partial charge on any atom is 0.232 e. The van der Waals surface area contributed by atoms with E-state index in [1.165, 1.54) is 28.9 Å². The zero-order valence-corrected chi connectivity index (χ0v) is 18.8. The van der Waals surface area contributed by atoms with E-state index in [0.29, 0.717) is 17.6 Å². The third-order valence-corrected chi connectivity index (χ3v) is 9.31. The van der Waals surface area contributed by atoms with Crippen LogP contribution in [0.3, 0.4) is 0 Å². The third-order valence-electron chi connectivity index (χ3n) is 7.57. The lowest BCUT2D eigenvalue weighted by Gasteiger charge is -2.52. The number of piperazine rings is 1. The van der Waals surface area contributed by atoms with Gasteiger partial charge in [-0.3, -0.25) is 9.69 Å². The van der Waals surface area contributed by atoms with Crippen LogP contribution in [0.25, 0.3) is 0 Å². The van der Waals surface area contributed by atoms with Crippen LogP contribution < -0.4 is 5.32 Å². The molecule has 4 aliphatic rings. The van der Waals surface area contributed by atoms with Crippen molar-refractivity contribution in [2.75, 3.05) is 26.2 Å². The van der Waals surface area contributed by atoms with Crippen LogP contribution in [0, 0.1) is 0 Å². The van der Waals surface area contributed by atoms with E-state index in [9.17, 15) is 4.79 Å². The normalized spacial score (nSPS) is 32.5. The topological polar surface area (TPSA) is 35.6 Å². The van der Waals surface area contributed by atoms with Gasteiger partial charge in [0.1, 0.15) is 5.82 Å². The Kier molecular flexibility index (Phi) is 4.65. The molecule has 4 nitrogen and oxygen atoms in total. The molecule has 5 heteroatoms. The largest absolute Gasteiger partial charge is 0.355 e. The van der Waals surface area contributed by atoms with Gasteiger partial charge in [0, 0.05) is 36.8 Å². The summed E-state index contributed by atoms with van der Waals surface area (Å²) >= 11 is 2.03. The summed E-state index contributed by atoms with van der Waals surface area (Å²) in [7, 11) is 0. The molecule has 1 aliphatic carbocycles. The Hall–Kier alpha value is -2.24. The van der Waals surface area contributed by atoms with Crippen molar-refractivity contribution in [2.24, 2.45) is 0 Å². The Morgan fingerprint density at radius 1 is 1.00 bits per heavy atom. The Balaban J connectivity index is 1.46. The Morgan fingerprint density at radius 3 is 2.35 bits per heavy atom. The van der Waals surface area contributed by atoms with Crippen molar-refractivity contribution in [3.8, 4) is 0 Å². The first-order chi connectivity index (χ1) is 15.2. The zero-order valence-electron chi connectivity index (χ0n) is 18.0. The summed E-state index contributed by atoms with van der Waals surface area (Å²) in [5.74, 6) is 2.02. The minimum absolute atomic E-state index is 0.0986. The van der Waals surface area contributed by atoms with Crippen molar-refractivity contribution in [1.29, 1.82) is 0 Å². The third kappa shape index (κ3) is 2.97. The van der Waals surface area contributed by atoms with Gasteiger partial charge in [-0.05, 0) is 36.0 Å². The Bertz CT molecular complexity index is 1020. The highest BCUT2D eigenvalue weighted by atomic mass is 32.2. The maximum atomic E-state index is 12.6. The van der Waals surface area contributed by atoms with Crippen LogP contribution in [0.5, 0.6) is 0 Å². The van der Waals surface area contributed by atoms with Gasteiger partial charge in [0.05, 0.1) is 11.8 Å². The van der Waals surface area contributed by atoms with E-state index in [1.807, 2.05) is 11.8 Å². The fraction of sp³-hybridized carbons (Fsp3) is 0.423. The maximum absolute atomic E-state index is 12.6. The Morgan fingerprint density at radius 2 is 1.68 bits per heavy atom. The summed E-state index contributed by atoms with van der Waals surface area (Å²) in [4.78, 5) is 17.2. The van der Waals surface area contributed by atoms with Crippen LogP contribution in [0.4, 0.5) is 0 Å². The molecule has 1 saturated carbocycles. The number of benzene rings is 2. The monoisotopic (exact) mass is 431 g/mol. The van der Waals surface area contributed by atoms with Gasteiger partial charge in [0.2, 0.25) is 5.91 Å². The first-order valence-electron chi connectivity index (χ1n) is 11.4. The van der Waals surface area contributed by atoms with Gasteiger partial charge >= 0.3 is 0 Å². The molecule has 0 spiro atoms. The van der Waals surface area contributed by atoms with Crippen molar-refractivity contribution in [2.45, 2.75) is 41.7 Å². The number of thioether (sulfide) groups is 1. The summed E-state index contributed by atoms with van der Waals surface area (Å²) in [5.41, 5.74) is 4.37. The van der Waals surface area contributed by atoms with E-state index in [4.69, 9.17) is 0 Å². The van der Waals surface area contributed by atoms with Crippen LogP contribution in [-0.4, -0.2) is 52.5 Å². The average Bonchev–Trinajstić information content (AvgIpc) is 3.58. The summed E-state index contributed by atoms with van der Waals surface area (Å²) in [6, 6.07) is 22.1. The number of fused-ring (bicyclic) bond motifs is 1. The van der Waals surface area contributed by atoms with Gasteiger partial charge in [-0.25, -0.2) is 0 Å². The van der Waals surface area contributed by atoms with E-state index < -0.39 is 0 Å². The molecule has 1 amide bonds. The fourth-order valence-corrected chi connectivity index (χ4v) is 7.83. The first-order valence-corrected chi connectivity index (χ1v) is 12.4. The van der Waals surface area contributed by atoms with E-state index in [1.54, 1.807) is 0 Å². The molecule has 2 aromatic rings. The van der Waals surface area contributed by atoms with E-state index in [2.05, 4.69) is 82.7 Å². The molecule has 6 rings (SSSR count). The minimum atomic E-state index is 0.0986. The standard InChI is InChI=1S/C26H29N3OS/c1-18-24(31-23-16-22(30)29(23)25(18)28-14-12-27-13-15-28)26(20-10-6-3-7-11-20)17-21(26)19-8-4-2-5-9-19/h2-11,21,23-24,27H,12-17H2,1H3. The number of amides is 1. The highest BCUT2D eigenvalue weighted by Gasteiger charge is 2.64. The molecule has 4 atom stereocenters. The van der Waals surface area contributed by atoms with Crippen molar-refractivity contribution < 1.29 is 4.79 Å². The number of nitrogens with one attached hydrogen (secondary N) is 1. The molecule has 1 N–H and O–H groups in total. The lowest BCUT2D eigenvalue weighted by atomic mass is 9.84. The van der Waals surface area contributed by atoms with Crippen LogP contribution in [0.1, 0.15) is 36.8 Å². The predicted octanol–water partition coefficient (Wildman–Crippen LogP) is 3.92. The molecule has 0 radical (unpaired) electrons. The molecule has 3 heterocycles. The predicted molar refractivity (Wildman–Crippen MR) is 126 cm³/mol. The van der Waals surface area contributed by atoms with Crippen LogP contribution in [0.2, 0.25) is 0 Å². The van der Waals surface area contributed by atoms with E-state index in [0.717, 1.165) is 26.2 Å². The molecule has 31 heavy (non-hydrogen) atoms. The van der Waals surface area contributed by atoms with E-state index in [-0.39, 0.29) is 16.7 Å². The quantitative estimate of drug-likeness (QED) is 0.745. The molecule has 3 aliphatic heterocycles. The fourth-order valence-electron chi connectivity index (χ4n) is 5.99. The zero-order chi connectivity index (χ0) is 21.0. The van der Waals surface area contributed by atoms with Crippen molar-refractivity contribution in [1.82, 2.24) is 15.1 Å². The summed E-state index contributed by atoms with van der Waals surface area (Å²) < 4.78 is 0. The van der Waals surface area contributed by atoms with Gasteiger partial charge in [-0.1, -0.05) is 60.7 Å². The molecular weight excluding hydrogens is 402 g/mol. The number of carbonyl (C=O) groups is 1. The van der Waals surface area contributed by atoms with Crippen molar-refractivity contribution >= 4 is 17.7 Å². The number of hydrogen-bond donors (Lipinski definition) is 1. The number of rotatable bonds is 4. The molecule has 2 aromatic carbocycles. The smallest absolute Gasteiger partial charge is 0.232 e. The number of carbonyl (C=O) groups excluding carboxylic acids is 1. The first kappa shape index (κ1) is 19.4. The van der Waals surface area contributed by atoms with Gasteiger partial charge in [-0.2, -0.15) is 0 Å². The van der Waals surface area contributed by atoms with Gasteiger partial charge in [0.15, 0.2) is 0 Å². The van der Waals surface area contributed by atoms with Crippen LogP contribution in [-0.2, 0) is 10.2 Å². The van der Waals surface area contributed by atoms with Crippen LogP contribution >= 0.6 is 11.8 Å².